The van der Waals surface area contributed by atoms with Crippen LogP contribution in [-0.4, -0.2) is 5.78 Å². The third-order valence-corrected chi connectivity index (χ3v) is 5.60. The third kappa shape index (κ3) is 5.49. The van der Waals surface area contributed by atoms with Gasteiger partial charge in [-0.1, -0.05) is 96.5 Å². The molecule has 0 atom stereocenters. The van der Waals surface area contributed by atoms with E-state index in [2.05, 4.69) is 19.1 Å². The van der Waals surface area contributed by atoms with Crippen molar-refractivity contribution in [3.05, 3.63) is 73.2 Å². The first kappa shape index (κ1) is 20.3. The van der Waals surface area contributed by atoms with E-state index in [4.69, 9.17) is 46.4 Å². The Labute approximate surface area is 168 Å². The topological polar surface area (TPSA) is 17.1 Å². The highest BCUT2D eigenvalue weighted by molar-refractivity contribution is 6.52. The average Bonchev–Trinajstić information content (AvgIpc) is 2.62. The molecule has 0 amide bonds. The molecule has 5 heteroatoms. The fourth-order valence-corrected chi connectivity index (χ4v) is 3.28. The van der Waals surface area contributed by atoms with Crippen molar-refractivity contribution in [2.75, 3.05) is 0 Å². The van der Waals surface area contributed by atoms with Crippen molar-refractivity contribution in [3.63, 3.8) is 0 Å². The first-order valence-electron chi connectivity index (χ1n) is 8.08. The minimum atomic E-state index is -0.280. The predicted octanol–water partition coefficient (Wildman–Crippen LogP) is 7.93. The number of hydrogen-bond donors (Lipinski definition) is 0. The Hall–Kier alpha value is -0.990. The van der Waals surface area contributed by atoms with E-state index in [1.165, 1.54) is 37.0 Å². The Morgan fingerprint density at radius 3 is 2.28 bits per heavy atom. The molecule has 0 N–H and O–H groups in total. The maximum absolute atomic E-state index is 12.4. The molecular weight excluding hydrogens is 398 g/mol. The second kappa shape index (κ2) is 9.64. The SMILES string of the molecule is CCCCCc1ccc(C=CC(=O)c2cc(Cl)c(Cl)c(Cl)c2Cl)cc1. The number of carbonyl (C=O) groups is 1. The van der Waals surface area contributed by atoms with E-state index in [0.717, 1.165) is 12.0 Å². The molecule has 2 rings (SSSR count). The Morgan fingerprint density at radius 2 is 1.64 bits per heavy atom. The quantitative estimate of drug-likeness (QED) is 0.147. The standard InChI is InChI=1S/C20H18Cl4O/c1-2-3-4-5-13-6-8-14(9-7-13)10-11-17(25)15-12-16(21)19(23)20(24)18(15)22/h6-12H,2-5H2,1H3. The van der Waals surface area contributed by atoms with Crippen molar-refractivity contribution in [2.45, 2.75) is 32.6 Å². The number of ketones is 1. The van der Waals surface area contributed by atoms with Gasteiger partial charge in [0.05, 0.1) is 20.1 Å². The van der Waals surface area contributed by atoms with Gasteiger partial charge in [-0.25, -0.2) is 0 Å². The van der Waals surface area contributed by atoms with Gasteiger partial charge >= 0.3 is 0 Å². The van der Waals surface area contributed by atoms with Crippen molar-refractivity contribution in [1.29, 1.82) is 0 Å². The molecule has 0 aliphatic heterocycles. The minimum absolute atomic E-state index is 0.0871. The van der Waals surface area contributed by atoms with Gasteiger partial charge in [-0.2, -0.15) is 0 Å². The number of aryl methyl sites for hydroxylation is 1. The summed E-state index contributed by atoms with van der Waals surface area (Å²) in [7, 11) is 0. The summed E-state index contributed by atoms with van der Waals surface area (Å²) in [6.07, 6.45) is 7.92. The van der Waals surface area contributed by atoms with Crippen molar-refractivity contribution < 1.29 is 4.79 Å². The van der Waals surface area contributed by atoms with E-state index < -0.39 is 0 Å². The van der Waals surface area contributed by atoms with E-state index in [0.29, 0.717) is 0 Å². The second-order valence-electron chi connectivity index (χ2n) is 5.74. The molecule has 0 spiro atoms. The van der Waals surface area contributed by atoms with Crippen LogP contribution < -0.4 is 0 Å². The number of hydrogen-bond acceptors (Lipinski definition) is 1. The summed E-state index contributed by atoms with van der Waals surface area (Å²) in [6, 6.07) is 9.59. The fourth-order valence-electron chi connectivity index (χ4n) is 2.39. The van der Waals surface area contributed by atoms with Crippen molar-refractivity contribution in [2.24, 2.45) is 0 Å². The fraction of sp³-hybridized carbons (Fsp3) is 0.250. The lowest BCUT2D eigenvalue weighted by Gasteiger charge is -2.06. The van der Waals surface area contributed by atoms with Crippen molar-refractivity contribution in [1.82, 2.24) is 0 Å². The lowest BCUT2D eigenvalue weighted by atomic mass is 10.0. The first-order chi connectivity index (χ1) is 11.9. The van der Waals surface area contributed by atoms with Gasteiger partial charge in [-0.15, -0.1) is 0 Å². The summed E-state index contributed by atoms with van der Waals surface area (Å²) in [5, 5.41) is 0.540. The zero-order chi connectivity index (χ0) is 18.4. The van der Waals surface area contributed by atoms with E-state index in [9.17, 15) is 4.79 Å². The summed E-state index contributed by atoms with van der Waals surface area (Å²) in [5.74, 6) is -0.280. The smallest absolute Gasteiger partial charge is 0.187 e. The molecule has 0 aliphatic rings. The summed E-state index contributed by atoms with van der Waals surface area (Å²) in [6.45, 7) is 2.19. The lowest BCUT2D eigenvalue weighted by molar-refractivity contribution is 0.104. The highest BCUT2D eigenvalue weighted by Crippen LogP contribution is 2.38. The van der Waals surface area contributed by atoms with Crippen LogP contribution in [-0.2, 0) is 6.42 Å². The van der Waals surface area contributed by atoms with Gasteiger partial charge in [0.15, 0.2) is 5.78 Å². The highest BCUT2D eigenvalue weighted by Gasteiger charge is 2.16. The van der Waals surface area contributed by atoms with Crippen LogP contribution in [0, 0.1) is 0 Å². The van der Waals surface area contributed by atoms with Crippen molar-refractivity contribution in [3.8, 4) is 0 Å². The molecule has 0 unspecified atom stereocenters. The molecule has 0 bridgehead atoms. The van der Waals surface area contributed by atoms with Crippen LogP contribution in [0.3, 0.4) is 0 Å². The van der Waals surface area contributed by atoms with Crippen molar-refractivity contribution >= 4 is 58.3 Å². The Balaban J connectivity index is 2.10. The largest absolute Gasteiger partial charge is 0.289 e. The number of rotatable bonds is 7. The maximum atomic E-state index is 12.4. The van der Waals surface area contributed by atoms with Gasteiger partial charge in [0, 0.05) is 5.56 Å². The molecule has 2 aromatic rings. The molecule has 1 nitrogen and oxygen atoms in total. The monoisotopic (exact) mass is 414 g/mol. The Morgan fingerprint density at radius 1 is 0.960 bits per heavy atom. The van der Waals surface area contributed by atoms with Gasteiger partial charge in [0.25, 0.3) is 0 Å². The normalized spacial score (nSPS) is 11.2. The van der Waals surface area contributed by atoms with E-state index >= 15 is 0 Å². The number of carbonyl (C=O) groups excluding carboxylic acids is 1. The van der Waals surface area contributed by atoms with E-state index in [1.807, 2.05) is 12.1 Å². The van der Waals surface area contributed by atoms with Crippen LogP contribution in [0.4, 0.5) is 0 Å². The van der Waals surface area contributed by atoms with Gasteiger partial charge in [0.1, 0.15) is 0 Å². The van der Waals surface area contributed by atoms with Crippen LogP contribution in [0.2, 0.25) is 20.1 Å². The summed E-state index contributed by atoms with van der Waals surface area (Å²) < 4.78 is 0. The molecule has 0 heterocycles. The number of allylic oxidation sites excluding steroid dienone is 1. The second-order valence-corrected chi connectivity index (χ2v) is 7.29. The number of unbranched alkanes of at least 4 members (excludes halogenated alkanes) is 2. The first-order valence-corrected chi connectivity index (χ1v) is 9.59. The van der Waals surface area contributed by atoms with Crippen LogP contribution in [0.5, 0.6) is 0 Å². The molecule has 0 saturated carbocycles. The minimum Gasteiger partial charge on any atom is -0.289 e. The van der Waals surface area contributed by atoms with Crippen LogP contribution in [0.1, 0.15) is 47.7 Å². The Kier molecular flexibility index (Phi) is 7.83. The molecule has 0 aliphatic carbocycles. The van der Waals surface area contributed by atoms with Gasteiger partial charge in [-0.05, 0) is 36.1 Å². The summed E-state index contributed by atoms with van der Waals surface area (Å²) in [4.78, 5) is 12.4. The van der Waals surface area contributed by atoms with Gasteiger partial charge < -0.3 is 0 Å². The Bertz CT molecular complexity index is 779. The summed E-state index contributed by atoms with van der Waals surface area (Å²) >= 11 is 24.0. The van der Waals surface area contributed by atoms with Crippen LogP contribution in [0.25, 0.3) is 6.08 Å². The van der Waals surface area contributed by atoms with Gasteiger partial charge in [-0.3, -0.25) is 4.79 Å². The van der Waals surface area contributed by atoms with E-state index in [-0.39, 0.29) is 31.4 Å². The predicted molar refractivity (Wildman–Crippen MR) is 110 cm³/mol. The maximum Gasteiger partial charge on any atom is 0.187 e. The lowest BCUT2D eigenvalue weighted by Crippen LogP contribution is -1.97. The average molecular weight is 416 g/mol. The molecule has 0 radical (unpaired) electrons. The van der Waals surface area contributed by atoms with Crippen LogP contribution in [0.15, 0.2) is 36.4 Å². The number of benzene rings is 2. The summed E-state index contributed by atoms with van der Waals surface area (Å²) in [5.41, 5.74) is 2.47. The van der Waals surface area contributed by atoms with Crippen LogP contribution >= 0.6 is 46.4 Å². The van der Waals surface area contributed by atoms with E-state index in [1.54, 1.807) is 6.08 Å². The third-order valence-electron chi connectivity index (χ3n) is 3.84. The molecule has 0 aromatic heterocycles. The van der Waals surface area contributed by atoms with Gasteiger partial charge in [0.2, 0.25) is 0 Å². The molecule has 2 aromatic carbocycles. The highest BCUT2D eigenvalue weighted by atomic mass is 35.5. The molecule has 0 fully saturated rings. The molecule has 25 heavy (non-hydrogen) atoms. The number of halogens is 4. The zero-order valence-corrected chi connectivity index (χ0v) is 16.8. The molecule has 0 saturated heterocycles. The molecule has 132 valence electrons. The molecular formula is C20H18Cl4O. The zero-order valence-electron chi connectivity index (χ0n) is 13.8.